The Bertz CT molecular complexity index is 467. The van der Waals surface area contributed by atoms with E-state index in [-0.39, 0.29) is 17.9 Å². The molecule has 1 heterocycles. The van der Waals surface area contributed by atoms with Crippen LogP contribution in [0.2, 0.25) is 0 Å². The van der Waals surface area contributed by atoms with Crippen LogP contribution >= 0.6 is 0 Å². The molecule has 0 aromatic carbocycles. The lowest BCUT2D eigenvalue weighted by Crippen LogP contribution is -2.46. The quantitative estimate of drug-likeness (QED) is 0.851. The number of fused-ring (bicyclic) bond motifs is 2. The number of hydrogen-bond donors (Lipinski definition) is 2. The molecule has 2 bridgehead atoms. The molecule has 2 fully saturated rings. The Labute approximate surface area is 104 Å². The van der Waals surface area contributed by atoms with Crippen molar-refractivity contribution in [2.45, 2.75) is 25.3 Å². The molecule has 2 saturated carbocycles. The minimum Gasteiger partial charge on any atom is -0.481 e. The normalized spacial score (nSPS) is 33.6. The summed E-state index contributed by atoms with van der Waals surface area (Å²) in [6, 6.07) is 1.35. The molecule has 2 aliphatic rings. The van der Waals surface area contributed by atoms with Gasteiger partial charge in [-0.2, -0.15) is 0 Å². The van der Waals surface area contributed by atoms with Crippen molar-refractivity contribution in [3.63, 3.8) is 0 Å². The molecular formula is C13H15NO4. The van der Waals surface area contributed by atoms with E-state index in [0.717, 1.165) is 19.3 Å². The molecule has 0 radical (unpaired) electrons. The molecule has 0 saturated heterocycles. The molecule has 96 valence electrons. The number of carboxylic acid groups (broad SMARTS) is 1. The third-order valence-corrected chi connectivity index (χ3v) is 4.28. The molecule has 3 rings (SSSR count). The third kappa shape index (κ3) is 1.70. The Morgan fingerprint density at radius 1 is 1.33 bits per heavy atom. The number of aliphatic carboxylic acids is 1. The zero-order chi connectivity index (χ0) is 12.7. The summed E-state index contributed by atoms with van der Waals surface area (Å²) in [6.45, 7) is 0. The van der Waals surface area contributed by atoms with Crippen LogP contribution in [-0.4, -0.2) is 23.0 Å². The van der Waals surface area contributed by atoms with Gasteiger partial charge in [-0.25, -0.2) is 0 Å². The van der Waals surface area contributed by atoms with E-state index in [9.17, 15) is 14.7 Å². The van der Waals surface area contributed by atoms with Crippen LogP contribution in [0.1, 0.15) is 29.6 Å². The molecule has 2 N–H and O–H groups in total. The molecule has 5 nitrogen and oxygen atoms in total. The first-order valence-electron chi connectivity index (χ1n) is 6.22. The third-order valence-electron chi connectivity index (χ3n) is 4.28. The van der Waals surface area contributed by atoms with Crippen molar-refractivity contribution >= 4 is 11.9 Å². The zero-order valence-electron chi connectivity index (χ0n) is 9.83. The van der Waals surface area contributed by atoms with Crippen molar-refractivity contribution in [3.8, 4) is 0 Å². The maximum absolute atomic E-state index is 11.9. The topological polar surface area (TPSA) is 79.5 Å². The van der Waals surface area contributed by atoms with E-state index in [2.05, 4.69) is 5.32 Å². The van der Waals surface area contributed by atoms with E-state index >= 15 is 0 Å². The van der Waals surface area contributed by atoms with Crippen LogP contribution in [0.4, 0.5) is 0 Å². The van der Waals surface area contributed by atoms with E-state index in [0.29, 0.717) is 11.5 Å². The lowest BCUT2D eigenvalue weighted by Gasteiger charge is -2.28. The lowest BCUT2D eigenvalue weighted by atomic mass is 9.84. The van der Waals surface area contributed by atoms with Crippen molar-refractivity contribution in [1.82, 2.24) is 5.32 Å². The number of amides is 1. The summed E-state index contributed by atoms with van der Waals surface area (Å²) in [4.78, 5) is 23.2. The monoisotopic (exact) mass is 249 g/mol. The molecule has 1 amide bonds. The summed E-state index contributed by atoms with van der Waals surface area (Å²) in [7, 11) is 0. The Morgan fingerprint density at radius 3 is 2.78 bits per heavy atom. The average Bonchev–Trinajstić information content (AvgIpc) is 3.05. The fourth-order valence-corrected chi connectivity index (χ4v) is 3.48. The second kappa shape index (κ2) is 4.15. The van der Waals surface area contributed by atoms with E-state index in [1.165, 1.54) is 12.5 Å². The Balaban J connectivity index is 1.75. The number of nitrogens with one attached hydrogen (secondary N) is 1. The molecule has 4 atom stereocenters. The van der Waals surface area contributed by atoms with E-state index < -0.39 is 11.9 Å². The van der Waals surface area contributed by atoms with Gasteiger partial charge in [-0.05, 0) is 37.2 Å². The lowest BCUT2D eigenvalue weighted by molar-refractivity contribution is -0.144. The molecule has 0 spiro atoms. The molecule has 18 heavy (non-hydrogen) atoms. The van der Waals surface area contributed by atoms with Crippen LogP contribution in [-0.2, 0) is 4.79 Å². The standard InChI is InChI=1S/C13H15NO4/c15-12(9-3-4-18-6-9)14-11-8-2-1-7(5-8)10(11)13(16)17/h3-4,6-8,10-11H,1-2,5H2,(H,14,15)(H,16,17). The van der Waals surface area contributed by atoms with Gasteiger partial charge < -0.3 is 14.8 Å². The van der Waals surface area contributed by atoms with Gasteiger partial charge in [-0.3, -0.25) is 9.59 Å². The molecular weight excluding hydrogens is 234 g/mol. The van der Waals surface area contributed by atoms with E-state index in [4.69, 9.17) is 4.42 Å². The maximum Gasteiger partial charge on any atom is 0.308 e. The predicted octanol–water partition coefficient (Wildman–Crippen LogP) is 1.51. The smallest absolute Gasteiger partial charge is 0.308 e. The van der Waals surface area contributed by atoms with Crippen molar-refractivity contribution < 1.29 is 19.1 Å². The van der Waals surface area contributed by atoms with Gasteiger partial charge in [0.25, 0.3) is 5.91 Å². The van der Waals surface area contributed by atoms with Crippen LogP contribution in [0.5, 0.6) is 0 Å². The molecule has 5 heteroatoms. The van der Waals surface area contributed by atoms with Crippen LogP contribution in [0.3, 0.4) is 0 Å². The van der Waals surface area contributed by atoms with E-state index in [1.807, 2.05) is 0 Å². The second-order valence-electron chi connectivity index (χ2n) is 5.21. The number of hydrogen-bond acceptors (Lipinski definition) is 3. The predicted molar refractivity (Wildman–Crippen MR) is 61.9 cm³/mol. The summed E-state index contributed by atoms with van der Waals surface area (Å²) in [5, 5.41) is 12.1. The van der Waals surface area contributed by atoms with Crippen molar-refractivity contribution in [2.24, 2.45) is 17.8 Å². The van der Waals surface area contributed by atoms with Gasteiger partial charge in [0.05, 0.1) is 17.7 Å². The van der Waals surface area contributed by atoms with Gasteiger partial charge >= 0.3 is 5.97 Å². The first kappa shape index (κ1) is 11.3. The second-order valence-corrected chi connectivity index (χ2v) is 5.21. The molecule has 2 aliphatic carbocycles. The first-order valence-corrected chi connectivity index (χ1v) is 6.22. The minimum absolute atomic E-state index is 0.224. The van der Waals surface area contributed by atoms with E-state index in [1.54, 1.807) is 6.07 Å². The number of furan rings is 1. The highest BCUT2D eigenvalue weighted by molar-refractivity contribution is 5.94. The Hall–Kier alpha value is -1.78. The average molecular weight is 249 g/mol. The maximum atomic E-state index is 11.9. The van der Waals surface area contributed by atoms with Crippen molar-refractivity contribution in [2.75, 3.05) is 0 Å². The van der Waals surface area contributed by atoms with Gasteiger partial charge in [0, 0.05) is 6.04 Å². The highest BCUT2D eigenvalue weighted by Gasteiger charge is 2.51. The zero-order valence-corrected chi connectivity index (χ0v) is 9.83. The number of carbonyl (C=O) groups excluding carboxylic acids is 1. The summed E-state index contributed by atoms with van der Waals surface area (Å²) < 4.78 is 4.86. The number of rotatable bonds is 3. The van der Waals surface area contributed by atoms with Gasteiger partial charge in [-0.1, -0.05) is 0 Å². The largest absolute Gasteiger partial charge is 0.481 e. The highest BCUT2D eigenvalue weighted by Crippen LogP contribution is 2.48. The van der Waals surface area contributed by atoms with Gasteiger partial charge in [-0.15, -0.1) is 0 Å². The molecule has 0 aliphatic heterocycles. The summed E-state index contributed by atoms with van der Waals surface area (Å²) in [5.74, 6) is -0.930. The summed E-state index contributed by atoms with van der Waals surface area (Å²) in [5.41, 5.74) is 0.446. The van der Waals surface area contributed by atoms with Crippen LogP contribution < -0.4 is 5.32 Å². The molecule has 1 aromatic heterocycles. The van der Waals surface area contributed by atoms with Crippen LogP contribution in [0.15, 0.2) is 23.0 Å². The van der Waals surface area contributed by atoms with Gasteiger partial charge in [0.1, 0.15) is 6.26 Å². The van der Waals surface area contributed by atoms with Crippen LogP contribution in [0.25, 0.3) is 0 Å². The minimum atomic E-state index is -0.792. The Kier molecular flexibility index (Phi) is 2.61. The highest BCUT2D eigenvalue weighted by atomic mass is 16.4. The summed E-state index contributed by atoms with van der Waals surface area (Å²) in [6.07, 6.45) is 5.72. The van der Waals surface area contributed by atoms with Gasteiger partial charge in [0.2, 0.25) is 0 Å². The molecule has 4 unspecified atom stereocenters. The van der Waals surface area contributed by atoms with Gasteiger partial charge in [0.15, 0.2) is 0 Å². The van der Waals surface area contributed by atoms with Crippen LogP contribution in [0, 0.1) is 17.8 Å². The SMILES string of the molecule is O=C(NC1C2CCC(C2)C1C(=O)O)c1ccoc1. The van der Waals surface area contributed by atoms with Crippen molar-refractivity contribution in [3.05, 3.63) is 24.2 Å². The molecule has 1 aromatic rings. The Morgan fingerprint density at radius 2 is 2.11 bits per heavy atom. The fraction of sp³-hybridized carbons (Fsp3) is 0.538. The summed E-state index contributed by atoms with van der Waals surface area (Å²) >= 11 is 0. The van der Waals surface area contributed by atoms with Crippen molar-refractivity contribution in [1.29, 1.82) is 0 Å². The fourth-order valence-electron chi connectivity index (χ4n) is 3.48. The first-order chi connectivity index (χ1) is 8.66. The number of carboxylic acids is 1. The number of carbonyl (C=O) groups is 2.